The Kier molecular flexibility index (Phi) is 11.1. The zero-order valence-electron chi connectivity index (χ0n) is 12.8. The molecule has 4 heteroatoms. The zero-order valence-corrected chi connectivity index (χ0v) is 13.6. The van der Waals surface area contributed by atoms with Gasteiger partial charge in [0.1, 0.15) is 6.04 Å². The van der Waals surface area contributed by atoms with Gasteiger partial charge in [-0.2, -0.15) is 11.8 Å². The van der Waals surface area contributed by atoms with Crippen LogP contribution < -0.4 is 5.73 Å². The summed E-state index contributed by atoms with van der Waals surface area (Å²) in [5.41, 5.74) is 7.10. The SMILES string of the molecule is CSCCC(N)C(=O)OCCC(C)CCC=C(C)C. The molecular formula is C15H29NO2S. The average Bonchev–Trinajstić information content (AvgIpc) is 2.35. The number of nitrogens with two attached hydrogens (primary N) is 1. The minimum atomic E-state index is -0.464. The molecule has 0 rings (SSSR count). The van der Waals surface area contributed by atoms with Crippen molar-refractivity contribution in [2.45, 2.75) is 52.5 Å². The van der Waals surface area contributed by atoms with Crippen molar-refractivity contribution in [1.82, 2.24) is 0 Å². The Morgan fingerprint density at radius 3 is 2.58 bits per heavy atom. The van der Waals surface area contributed by atoms with Gasteiger partial charge in [-0.1, -0.05) is 18.6 Å². The molecule has 0 saturated carbocycles. The second-order valence-electron chi connectivity index (χ2n) is 5.31. The number of allylic oxidation sites excluding steroid dienone is 2. The predicted molar refractivity (Wildman–Crippen MR) is 84.4 cm³/mol. The fourth-order valence-corrected chi connectivity index (χ4v) is 2.12. The minimum Gasteiger partial charge on any atom is -0.465 e. The molecule has 112 valence electrons. The van der Waals surface area contributed by atoms with Crippen LogP contribution >= 0.6 is 11.8 Å². The van der Waals surface area contributed by atoms with Crippen LogP contribution in [-0.2, 0) is 9.53 Å². The van der Waals surface area contributed by atoms with Crippen LogP contribution in [0.4, 0.5) is 0 Å². The summed E-state index contributed by atoms with van der Waals surface area (Å²) in [7, 11) is 0. The summed E-state index contributed by atoms with van der Waals surface area (Å²) in [5.74, 6) is 1.21. The highest BCUT2D eigenvalue weighted by Crippen LogP contribution is 2.12. The third kappa shape index (κ3) is 11.1. The van der Waals surface area contributed by atoms with E-state index in [9.17, 15) is 4.79 Å². The van der Waals surface area contributed by atoms with Crippen LogP contribution in [0.3, 0.4) is 0 Å². The zero-order chi connectivity index (χ0) is 14.7. The van der Waals surface area contributed by atoms with Crippen molar-refractivity contribution in [3.8, 4) is 0 Å². The molecule has 0 amide bonds. The Hall–Kier alpha value is -0.480. The highest BCUT2D eigenvalue weighted by atomic mass is 32.2. The highest BCUT2D eigenvalue weighted by Gasteiger charge is 2.14. The quantitative estimate of drug-likeness (QED) is 0.494. The standard InChI is InChI=1S/C15H29NO2S/c1-12(2)6-5-7-13(3)8-10-18-15(17)14(16)9-11-19-4/h6,13-14H,5,7-11,16H2,1-4H3. The molecule has 0 radical (unpaired) electrons. The summed E-state index contributed by atoms with van der Waals surface area (Å²) in [5, 5.41) is 0. The molecule has 0 aromatic carbocycles. The van der Waals surface area contributed by atoms with E-state index in [-0.39, 0.29) is 5.97 Å². The summed E-state index contributed by atoms with van der Waals surface area (Å²) in [6.45, 7) is 6.91. The van der Waals surface area contributed by atoms with E-state index in [4.69, 9.17) is 10.5 Å². The molecule has 3 nitrogen and oxygen atoms in total. The van der Waals surface area contributed by atoms with E-state index in [1.807, 2.05) is 6.26 Å². The van der Waals surface area contributed by atoms with Crippen LogP contribution in [0.5, 0.6) is 0 Å². The lowest BCUT2D eigenvalue weighted by Crippen LogP contribution is -2.33. The summed E-state index contributed by atoms with van der Waals surface area (Å²) in [4.78, 5) is 11.6. The molecule has 2 unspecified atom stereocenters. The Morgan fingerprint density at radius 2 is 2.00 bits per heavy atom. The maximum absolute atomic E-state index is 11.6. The van der Waals surface area contributed by atoms with E-state index >= 15 is 0 Å². The first-order valence-corrected chi connectivity index (χ1v) is 8.41. The van der Waals surface area contributed by atoms with Gasteiger partial charge < -0.3 is 10.5 Å². The lowest BCUT2D eigenvalue weighted by molar-refractivity contribution is -0.145. The molecular weight excluding hydrogens is 258 g/mol. The van der Waals surface area contributed by atoms with E-state index in [0.29, 0.717) is 18.9 Å². The minimum absolute atomic E-state index is 0.259. The Bertz CT molecular complexity index is 275. The molecule has 0 aliphatic rings. The smallest absolute Gasteiger partial charge is 0.322 e. The van der Waals surface area contributed by atoms with E-state index in [1.165, 1.54) is 5.57 Å². The lowest BCUT2D eigenvalue weighted by atomic mass is 10.0. The number of carbonyl (C=O) groups excluding carboxylic acids is 1. The van der Waals surface area contributed by atoms with Crippen molar-refractivity contribution in [2.75, 3.05) is 18.6 Å². The van der Waals surface area contributed by atoms with Gasteiger partial charge in [0, 0.05) is 0 Å². The van der Waals surface area contributed by atoms with Gasteiger partial charge in [0.25, 0.3) is 0 Å². The van der Waals surface area contributed by atoms with Crippen molar-refractivity contribution < 1.29 is 9.53 Å². The monoisotopic (exact) mass is 287 g/mol. The van der Waals surface area contributed by atoms with E-state index in [1.54, 1.807) is 11.8 Å². The van der Waals surface area contributed by atoms with Crippen molar-refractivity contribution in [3.63, 3.8) is 0 Å². The van der Waals surface area contributed by atoms with Crippen LogP contribution in [-0.4, -0.2) is 30.6 Å². The molecule has 19 heavy (non-hydrogen) atoms. The van der Waals surface area contributed by atoms with Gasteiger partial charge in [0.15, 0.2) is 0 Å². The molecule has 0 aliphatic carbocycles. The van der Waals surface area contributed by atoms with Gasteiger partial charge in [-0.05, 0) is 57.5 Å². The number of hydrogen-bond donors (Lipinski definition) is 1. The number of esters is 1. The van der Waals surface area contributed by atoms with E-state index < -0.39 is 6.04 Å². The first-order valence-electron chi connectivity index (χ1n) is 7.01. The third-order valence-electron chi connectivity index (χ3n) is 3.00. The fraction of sp³-hybridized carbons (Fsp3) is 0.800. The van der Waals surface area contributed by atoms with Crippen LogP contribution in [0.15, 0.2) is 11.6 Å². The Morgan fingerprint density at radius 1 is 1.32 bits per heavy atom. The topological polar surface area (TPSA) is 52.3 Å². The lowest BCUT2D eigenvalue weighted by Gasteiger charge is -2.13. The number of carbonyl (C=O) groups is 1. The second-order valence-corrected chi connectivity index (χ2v) is 6.29. The largest absolute Gasteiger partial charge is 0.465 e. The van der Waals surface area contributed by atoms with Gasteiger partial charge in [-0.15, -0.1) is 0 Å². The number of hydrogen-bond acceptors (Lipinski definition) is 4. The maximum atomic E-state index is 11.6. The molecule has 0 heterocycles. The molecule has 0 aliphatic heterocycles. The first-order chi connectivity index (χ1) is 8.97. The van der Waals surface area contributed by atoms with E-state index in [0.717, 1.165) is 25.0 Å². The average molecular weight is 287 g/mol. The Labute approximate surface area is 122 Å². The van der Waals surface area contributed by atoms with Gasteiger partial charge in [-0.25, -0.2) is 0 Å². The van der Waals surface area contributed by atoms with Crippen LogP contribution in [0, 0.1) is 5.92 Å². The van der Waals surface area contributed by atoms with Gasteiger partial charge in [0.2, 0.25) is 0 Å². The molecule has 0 fully saturated rings. The molecule has 0 spiro atoms. The van der Waals surface area contributed by atoms with Gasteiger partial charge in [0.05, 0.1) is 6.61 Å². The van der Waals surface area contributed by atoms with Crippen LogP contribution in [0.25, 0.3) is 0 Å². The fourth-order valence-electron chi connectivity index (χ4n) is 1.63. The number of thioether (sulfide) groups is 1. The molecule has 0 aromatic heterocycles. The maximum Gasteiger partial charge on any atom is 0.322 e. The molecule has 2 atom stereocenters. The highest BCUT2D eigenvalue weighted by molar-refractivity contribution is 7.98. The van der Waals surface area contributed by atoms with E-state index in [2.05, 4.69) is 26.8 Å². The summed E-state index contributed by atoms with van der Waals surface area (Å²) in [6.07, 6.45) is 8.10. The molecule has 2 N–H and O–H groups in total. The van der Waals surface area contributed by atoms with Crippen LogP contribution in [0.1, 0.15) is 46.5 Å². The van der Waals surface area contributed by atoms with Crippen molar-refractivity contribution in [3.05, 3.63) is 11.6 Å². The summed E-state index contributed by atoms with van der Waals surface area (Å²) >= 11 is 1.69. The van der Waals surface area contributed by atoms with Crippen LogP contribution in [0.2, 0.25) is 0 Å². The summed E-state index contributed by atoms with van der Waals surface area (Å²) < 4.78 is 5.21. The first kappa shape index (κ1) is 18.5. The van der Waals surface area contributed by atoms with Gasteiger partial charge >= 0.3 is 5.97 Å². The molecule has 0 saturated heterocycles. The second kappa shape index (κ2) is 11.4. The predicted octanol–water partition coefficient (Wildman–Crippen LogP) is 3.38. The van der Waals surface area contributed by atoms with Crippen molar-refractivity contribution in [2.24, 2.45) is 11.7 Å². The summed E-state index contributed by atoms with van der Waals surface area (Å²) in [6, 6.07) is -0.464. The van der Waals surface area contributed by atoms with Gasteiger partial charge in [-0.3, -0.25) is 4.79 Å². The molecule has 0 bridgehead atoms. The molecule has 0 aromatic rings. The number of rotatable bonds is 10. The number of ether oxygens (including phenoxy) is 1. The van der Waals surface area contributed by atoms with Crippen molar-refractivity contribution in [1.29, 1.82) is 0 Å². The Balaban J connectivity index is 3.66. The van der Waals surface area contributed by atoms with Crippen molar-refractivity contribution >= 4 is 17.7 Å². The third-order valence-corrected chi connectivity index (χ3v) is 3.65. The normalized spacial score (nSPS) is 13.7.